The first-order chi connectivity index (χ1) is 9.19. The zero-order valence-electron chi connectivity index (χ0n) is 10.8. The quantitative estimate of drug-likeness (QED) is 0.839. The molecule has 0 radical (unpaired) electrons. The lowest BCUT2D eigenvalue weighted by Crippen LogP contribution is -2.10. The fourth-order valence-corrected chi connectivity index (χ4v) is 1.80. The van der Waals surface area contributed by atoms with Crippen LogP contribution >= 0.6 is 15.9 Å². The van der Waals surface area contributed by atoms with Crippen molar-refractivity contribution in [1.82, 2.24) is 20.1 Å². The van der Waals surface area contributed by atoms with Crippen LogP contribution in [0.15, 0.2) is 15.2 Å². The largest absolute Gasteiger partial charge is 0.369 e. The van der Waals surface area contributed by atoms with E-state index in [4.69, 9.17) is 4.52 Å². The van der Waals surface area contributed by atoms with Crippen LogP contribution in [0, 0.1) is 6.92 Å². The van der Waals surface area contributed by atoms with Crippen LogP contribution in [0.3, 0.4) is 0 Å². The summed E-state index contributed by atoms with van der Waals surface area (Å²) in [5, 5.41) is 10.1. The molecule has 0 aliphatic carbocycles. The molecule has 0 fully saturated rings. The molecule has 0 bridgehead atoms. The maximum absolute atomic E-state index is 4.91. The average Bonchev–Trinajstić information content (AvgIpc) is 2.79. The number of nitrogens with zero attached hydrogens (tertiary/aromatic N) is 4. The minimum absolute atomic E-state index is 0.577. The molecule has 2 N–H and O–H groups in total. The number of anilines is 2. The maximum Gasteiger partial charge on any atom is 0.224 e. The van der Waals surface area contributed by atoms with Crippen molar-refractivity contribution in [3.8, 4) is 0 Å². The molecule has 2 aromatic heterocycles. The van der Waals surface area contributed by atoms with Crippen molar-refractivity contribution >= 4 is 27.7 Å². The van der Waals surface area contributed by atoms with Crippen LogP contribution in [0.4, 0.5) is 11.8 Å². The van der Waals surface area contributed by atoms with Gasteiger partial charge in [0.1, 0.15) is 5.82 Å². The summed E-state index contributed by atoms with van der Waals surface area (Å²) in [5.41, 5.74) is 0. The molecular weight excluding hydrogens is 312 g/mol. The topological polar surface area (TPSA) is 88.8 Å². The van der Waals surface area contributed by atoms with Crippen molar-refractivity contribution in [1.29, 1.82) is 0 Å². The molecule has 0 spiro atoms. The fourth-order valence-electron chi connectivity index (χ4n) is 1.47. The summed E-state index contributed by atoms with van der Waals surface area (Å²) in [5.74, 6) is 2.60. The third-order valence-corrected chi connectivity index (χ3v) is 2.87. The highest BCUT2D eigenvalue weighted by molar-refractivity contribution is 9.10. The summed E-state index contributed by atoms with van der Waals surface area (Å²) < 4.78 is 5.73. The zero-order chi connectivity index (χ0) is 13.7. The van der Waals surface area contributed by atoms with E-state index in [2.05, 4.69) is 46.7 Å². The SMILES string of the molecule is CCNc1ncc(Br)c(NCCc2noc(C)n2)n1. The molecular formula is C11H15BrN6O. The van der Waals surface area contributed by atoms with E-state index in [1.54, 1.807) is 13.1 Å². The molecule has 2 heterocycles. The minimum atomic E-state index is 0.577. The maximum atomic E-state index is 4.91. The number of aromatic nitrogens is 4. The first kappa shape index (κ1) is 13.7. The van der Waals surface area contributed by atoms with Crippen molar-refractivity contribution in [3.05, 3.63) is 22.4 Å². The molecule has 7 nitrogen and oxygen atoms in total. The average molecular weight is 327 g/mol. The monoisotopic (exact) mass is 326 g/mol. The minimum Gasteiger partial charge on any atom is -0.369 e. The number of halogens is 1. The first-order valence-electron chi connectivity index (χ1n) is 5.98. The first-order valence-corrected chi connectivity index (χ1v) is 6.77. The third kappa shape index (κ3) is 3.88. The Kier molecular flexibility index (Phi) is 4.67. The van der Waals surface area contributed by atoms with Gasteiger partial charge in [-0.2, -0.15) is 9.97 Å². The standard InChI is InChI=1S/C11H15BrN6O/c1-3-13-11-15-6-8(12)10(17-11)14-5-4-9-16-7(2)19-18-9/h6H,3-5H2,1-2H3,(H2,13,14,15,17). The zero-order valence-corrected chi connectivity index (χ0v) is 12.4. The van der Waals surface area contributed by atoms with Crippen LogP contribution < -0.4 is 10.6 Å². The summed E-state index contributed by atoms with van der Waals surface area (Å²) in [6, 6.07) is 0. The van der Waals surface area contributed by atoms with Gasteiger partial charge in [0.2, 0.25) is 11.8 Å². The van der Waals surface area contributed by atoms with Gasteiger partial charge in [-0.05, 0) is 22.9 Å². The van der Waals surface area contributed by atoms with Gasteiger partial charge < -0.3 is 15.2 Å². The highest BCUT2D eigenvalue weighted by Crippen LogP contribution is 2.19. The van der Waals surface area contributed by atoms with Gasteiger partial charge in [-0.1, -0.05) is 5.16 Å². The molecule has 0 amide bonds. The van der Waals surface area contributed by atoms with Crippen LogP contribution in [0.2, 0.25) is 0 Å². The Hall–Kier alpha value is -1.70. The van der Waals surface area contributed by atoms with E-state index in [1.165, 1.54) is 0 Å². The van der Waals surface area contributed by atoms with E-state index in [9.17, 15) is 0 Å². The Labute approximate surface area is 119 Å². The summed E-state index contributed by atoms with van der Waals surface area (Å²) in [4.78, 5) is 12.6. The van der Waals surface area contributed by atoms with Gasteiger partial charge >= 0.3 is 0 Å². The molecule has 0 unspecified atom stereocenters. The Morgan fingerprint density at radius 3 is 2.84 bits per heavy atom. The Morgan fingerprint density at radius 2 is 2.16 bits per heavy atom. The van der Waals surface area contributed by atoms with E-state index in [0.29, 0.717) is 30.6 Å². The molecule has 102 valence electrons. The normalized spacial score (nSPS) is 10.5. The smallest absolute Gasteiger partial charge is 0.224 e. The molecule has 0 aliphatic heterocycles. The fraction of sp³-hybridized carbons (Fsp3) is 0.455. The number of hydrogen-bond acceptors (Lipinski definition) is 7. The molecule has 8 heteroatoms. The van der Waals surface area contributed by atoms with Crippen molar-refractivity contribution in [2.24, 2.45) is 0 Å². The van der Waals surface area contributed by atoms with Gasteiger partial charge in [0.25, 0.3) is 0 Å². The molecule has 0 saturated heterocycles. The Bertz CT molecular complexity index is 544. The summed E-state index contributed by atoms with van der Waals surface area (Å²) >= 11 is 3.41. The molecule has 0 saturated carbocycles. The second-order valence-corrected chi connectivity index (χ2v) is 4.68. The van der Waals surface area contributed by atoms with Gasteiger partial charge in [-0.15, -0.1) is 0 Å². The van der Waals surface area contributed by atoms with E-state index in [0.717, 1.165) is 16.8 Å². The Balaban J connectivity index is 1.93. The van der Waals surface area contributed by atoms with E-state index in [-0.39, 0.29) is 0 Å². The van der Waals surface area contributed by atoms with E-state index in [1.807, 2.05) is 6.92 Å². The lowest BCUT2D eigenvalue weighted by molar-refractivity contribution is 0.387. The van der Waals surface area contributed by atoms with Crippen molar-refractivity contribution in [2.75, 3.05) is 23.7 Å². The Morgan fingerprint density at radius 1 is 1.32 bits per heavy atom. The van der Waals surface area contributed by atoms with Crippen LogP contribution in [0.25, 0.3) is 0 Å². The van der Waals surface area contributed by atoms with Crippen molar-refractivity contribution in [2.45, 2.75) is 20.3 Å². The predicted molar refractivity (Wildman–Crippen MR) is 75.1 cm³/mol. The molecule has 0 aliphatic rings. The van der Waals surface area contributed by atoms with Gasteiger partial charge in [0.05, 0.1) is 4.47 Å². The predicted octanol–water partition coefficient (Wildman–Crippen LogP) is 2.02. The third-order valence-electron chi connectivity index (χ3n) is 2.29. The number of aryl methyl sites for hydroxylation is 1. The lowest BCUT2D eigenvalue weighted by Gasteiger charge is -2.08. The van der Waals surface area contributed by atoms with E-state index < -0.39 is 0 Å². The second kappa shape index (κ2) is 6.46. The van der Waals surface area contributed by atoms with Gasteiger partial charge in [0.15, 0.2) is 5.82 Å². The highest BCUT2D eigenvalue weighted by atomic mass is 79.9. The summed E-state index contributed by atoms with van der Waals surface area (Å²) in [7, 11) is 0. The van der Waals surface area contributed by atoms with Crippen LogP contribution in [0.5, 0.6) is 0 Å². The number of nitrogens with one attached hydrogen (secondary N) is 2. The molecule has 0 aromatic carbocycles. The number of rotatable bonds is 6. The van der Waals surface area contributed by atoms with Gasteiger partial charge in [-0.25, -0.2) is 4.98 Å². The summed E-state index contributed by atoms with van der Waals surface area (Å²) in [6.45, 7) is 5.22. The van der Waals surface area contributed by atoms with E-state index >= 15 is 0 Å². The molecule has 19 heavy (non-hydrogen) atoms. The second-order valence-electron chi connectivity index (χ2n) is 3.83. The van der Waals surface area contributed by atoms with Crippen LogP contribution in [-0.2, 0) is 6.42 Å². The number of hydrogen-bond donors (Lipinski definition) is 2. The molecule has 0 atom stereocenters. The van der Waals surface area contributed by atoms with Crippen LogP contribution in [0.1, 0.15) is 18.6 Å². The van der Waals surface area contributed by atoms with Crippen molar-refractivity contribution < 1.29 is 4.52 Å². The highest BCUT2D eigenvalue weighted by Gasteiger charge is 2.06. The van der Waals surface area contributed by atoms with Gasteiger partial charge in [0, 0.05) is 32.6 Å². The van der Waals surface area contributed by atoms with Crippen molar-refractivity contribution in [3.63, 3.8) is 0 Å². The van der Waals surface area contributed by atoms with Crippen LogP contribution in [-0.4, -0.2) is 33.2 Å². The lowest BCUT2D eigenvalue weighted by atomic mass is 10.4. The molecule has 2 rings (SSSR count). The molecule has 2 aromatic rings. The summed E-state index contributed by atoms with van der Waals surface area (Å²) in [6.07, 6.45) is 2.39. The van der Waals surface area contributed by atoms with Gasteiger partial charge in [-0.3, -0.25) is 0 Å².